The predicted octanol–water partition coefficient (Wildman–Crippen LogP) is 0.488. The van der Waals surface area contributed by atoms with Crippen LogP contribution in [-0.4, -0.2) is 55.2 Å². The van der Waals surface area contributed by atoms with Gasteiger partial charge in [-0.2, -0.15) is 0 Å². The van der Waals surface area contributed by atoms with Gasteiger partial charge >= 0.3 is 5.97 Å². The quantitative estimate of drug-likeness (QED) is 0.743. The van der Waals surface area contributed by atoms with Gasteiger partial charge in [0.25, 0.3) is 0 Å². The molecule has 0 aromatic rings. The maximum absolute atomic E-state index is 14.3. The van der Waals surface area contributed by atoms with E-state index < -0.39 is 11.6 Å². The number of piperidine rings is 1. The number of halogens is 1. The first-order valence-corrected chi connectivity index (χ1v) is 6.76. The van der Waals surface area contributed by atoms with Gasteiger partial charge in [0, 0.05) is 24.9 Å². The smallest absolute Gasteiger partial charge is 0.345 e. The van der Waals surface area contributed by atoms with Crippen LogP contribution in [0.4, 0.5) is 4.39 Å². The molecule has 2 fully saturated rings. The Balaban J connectivity index is 1.96. The van der Waals surface area contributed by atoms with E-state index in [0.29, 0.717) is 12.6 Å². The summed E-state index contributed by atoms with van der Waals surface area (Å²) in [5.41, 5.74) is -2.02. The number of hydrogen-bond acceptors (Lipinski definition) is 4. The molecule has 6 heteroatoms. The van der Waals surface area contributed by atoms with Crippen LogP contribution in [0.25, 0.3) is 0 Å². The van der Waals surface area contributed by atoms with Crippen LogP contribution < -0.4 is 5.32 Å². The van der Waals surface area contributed by atoms with Gasteiger partial charge in [-0.25, -0.2) is 9.18 Å². The van der Waals surface area contributed by atoms with Gasteiger partial charge in [0.05, 0.1) is 13.7 Å². The number of methoxy groups -OCH3 is 1. The van der Waals surface area contributed by atoms with E-state index in [1.54, 1.807) is 0 Å². The Morgan fingerprint density at radius 3 is 2.84 bits per heavy atom. The molecular formula is C13H21FN2O3. The molecule has 2 saturated heterocycles. The molecule has 3 atom stereocenters. The molecule has 1 unspecified atom stereocenters. The van der Waals surface area contributed by atoms with Crippen molar-refractivity contribution in [1.82, 2.24) is 10.2 Å². The van der Waals surface area contributed by atoms with Crippen molar-refractivity contribution in [3.8, 4) is 0 Å². The fourth-order valence-electron chi connectivity index (χ4n) is 2.92. The highest BCUT2D eigenvalue weighted by molar-refractivity contribution is 5.84. The number of alkyl halides is 1. The number of likely N-dealkylation sites (tertiary alicyclic amines) is 1. The number of esters is 1. The number of ether oxygens (including phenoxy) is 1. The third kappa shape index (κ3) is 2.88. The maximum atomic E-state index is 14.3. The molecule has 108 valence electrons. The molecule has 19 heavy (non-hydrogen) atoms. The van der Waals surface area contributed by atoms with Crippen molar-refractivity contribution in [1.29, 1.82) is 0 Å². The molecule has 0 aliphatic carbocycles. The third-order valence-corrected chi connectivity index (χ3v) is 4.06. The summed E-state index contributed by atoms with van der Waals surface area (Å²) in [6.07, 6.45) is 1.58. The molecule has 0 aromatic carbocycles. The lowest BCUT2D eigenvalue weighted by atomic mass is 9.92. The molecular weight excluding hydrogens is 251 g/mol. The Kier molecular flexibility index (Phi) is 4.08. The highest BCUT2D eigenvalue weighted by Crippen LogP contribution is 2.29. The summed E-state index contributed by atoms with van der Waals surface area (Å²) in [5, 5.41) is 3.28. The van der Waals surface area contributed by atoms with Crippen molar-refractivity contribution < 1.29 is 18.7 Å². The van der Waals surface area contributed by atoms with Crippen LogP contribution in [0.3, 0.4) is 0 Å². The monoisotopic (exact) mass is 272 g/mol. The number of hydrogen-bond donors (Lipinski definition) is 1. The van der Waals surface area contributed by atoms with E-state index in [2.05, 4.69) is 10.1 Å². The van der Waals surface area contributed by atoms with Crippen molar-refractivity contribution in [3.05, 3.63) is 0 Å². The van der Waals surface area contributed by atoms with Crippen molar-refractivity contribution in [2.24, 2.45) is 5.92 Å². The van der Waals surface area contributed by atoms with Crippen LogP contribution in [0.15, 0.2) is 0 Å². The lowest BCUT2D eigenvalue weighted by molar-refractivity contribution is -0.154. The molecule has 2 aliphatic rings. The second-order valence-corrected chi connectivity index (χ2v) is 5.54. The van der Waals surface area contributed by atoms with E-state index >= 15 is 0 Å². The van der Waals surface area contributed by atoms with Crippen LogP contribution >= 0.6 is 0 Å². The largest absolute Gasteiger partial charge is 0.467 e. The van der Waals surface area contributed by atoms with Gasteiger partial charge < -0.3 is 15.0 Å². The lowest BCUT2D eigenvalue weighted by Crippen LogP contribution is -2.45. The average Bonchev–Trinajstić information content (AvgIpc) is 2.81. The second-order valence-electron chi connectivity index (χ2n) is 5.54. The summed E-state index contributed by atoms with van der Waals surface area (Å²) < 4.78 is 18.7. The lowest BCUT2D eigenvalue weighted by Gasteiger charge is -2.30. The molecule has 0 spiro atoms. The first-order chi connectivity index (χ1) is 8.96. The summed E-state index contributed by atoms with van der Waals surface area (Å²) >= 11 is 0. The number of nitrogens with one attached hydrogen (secondary N) is 1. The van der Waals surface area contributed by atoms with Gasteiger partial charge in [0.15, 0.2) is 0 Å². The second kappa shape index (κ2) is 5.45. The van der Waals surface area contributed by atoms with Gasteiger partial charge in [-0.05, 0) is 26.3 Å². The first-order valence-electron chi connectivity index (χ1n) is 6.76. The maximum Gasteiger partial charge on any atom is 0.345 e. The topological polar surface area (TPSA) is 58.6 Å². The predicted molar refractivity (Wildman–Crippen MR) is 67.2 cm³/mol. The SMILES string of the molecule is COC(=O)C1(F)CCN(C(=O)[C@H]2CCN[C@@H](C)C2)C1. The number of nitrogens with zero attached hydrogens (tertiary/aromatic N) is 1. The van der Waals surface area contributed by atoms with Gasteiger partial charge in [-0.3, -0.25) is 4.79 Å². The van der Waals surface area contributed by atoms with Crippen molar-refractivity contribution >= 4 is 11.9 Å². The zero-order chi connectivity index (χ0) is 14.0. The normalized spacial score (nSPS) is 35.2. The zero-order valence-corrected chi connectivity index (χ0v) is 11.4. The molecule has 5 nitrogen and oxygen atoms in total. The Labute approximate surface area is 112 Å². The number of carbonyl (C=O) groups is 2. The van der Waals surface area contributed by atoms with Crippen LogP contribution in [0.1, 0.15) is 26.2 Å². The van der Waals surface area contributed by atoms with E-state index in [1.807, 2.05) is 6.92 Å². The first kappa shape index (κ1) is 14.2. The summed E-state index contributed by atoms with van der Waals surface area (Å²) in [6, 6.07) is 0.307. The molecule has 0 aromatic heterocycles. The summed E-state index contributed by atoms with van der Waals surface area (Å²) in [7, 11) is 1.17. The molecule has 2 heterocycles. The highest BCUT2D eigenvalue weighted by atomic mass is 19.1. The van der Waals surface area contributed by atoms with Crippen molar-refractivity contribution in [2.45, 2.75) is 37.9 Å². The summed E-state index contributed by atoms with van der Waals surface area (Å²) in [6.45, 7) is 2.97. The standard InChI is InChI=1S/C13H21FN2O3/c1-9-7-10(3-5-15-9)11(17)16-6-4-13(14,8-16)12(18)19-2/h9-10,15H,3-8H2,1-2H3/t9-,10-,13?/m0/s1. The fraction of sp³-hybridized carbons (Fsp3) is 0.846. The van der Waals surface area contributed by atoms with E-state index in [4.69, 9.17) is 0 Å². The number of rotatable bonds is 2. The van der Waals surface area contributed by atoms with Crippen LogP contribution in [-0.2, 0) is 14.3 Å². The van der Waals surface area contributed by atoms with E-state index in [9.17, 15) is 14.0 Å². The van der Waals surface area contributed by atoms with Gasteiger partial charge in [0.1, 0.15) is 0 Å². The minimum atomic E-state index is -2.02. The van der Waals surface area contributed by atoms with Crippen LogP contribution in [0.2, 0.25) is 0 Å². The highest BCUT2D eigenvalue weighted by Gasteiger charge is 2.48. The molecule has 2 aliphatic heterocycles. The Hall–Kier alpha value is -1.17. The van der Waals surface area contributed by atoms with E-state index in [1.165, 1.54) is 12.0 Å². The average molecular weight is 272 g/mol. The van der Waals surface area contributed by atoms with E-state index in [-0.39, 0.29) is 24.8 Å². The van der Waals surface area contributed by atoms with Crippen molar-refractivity contribution in [2.75, 3.05) is 26.7 Å². The van der Waals surface area contributed by atoms with E-state index in [0.717, 1.165) is 19.4 Å². The Bertz CT molecular complexity index is 377. The van der Waals surface area contributed by atoms with Crippen LogP contribution in [0.5, 0.6) is 0 Å². The Morgan fingerprint density at radius 2 is 2.21 bits per heavy atom. The minimum Gasteiger partial charge on any atom is -0.467 e. The van der Waals surface area contributed by atoms with Crippen molar-refractivity contribution in [3.63, 3.8) is 0 Å². The van der Waals surface area contributed by atoms with Gasteiger partial charge in [0.2, 0.25) is 11.6 Å². The van der Waals surface area contributed by atoms with Gasteiger partial charge in [-0.1, -0.05) is 0 Å². The molecule has 0 radical (unpaired) electrons. The van der Waals surface area contributed by atoms with Gasteiger partial charge in [-0.15, -0.1) is 0 Å². The fourth-order valence-corrected chi connectivity index (χ4v) is 2.92. The molecule has 1 N–H and O–H groups in total. The summed E-state index contributed by atoms with van der Waals surface area (Å²) in [4.78, 5) is 25.2. The summed E-state index contributed by atoms with van der Waals surface area (Å²) in [5.74, 6) is -0.963. The zero-order valence-electron chi connectivity index (χ0n) is 11.4. The molecule has 1 amide bonds. The molecule has 0 saturated carbocycles. The molecule has 2 rings (SSSR count). The third-order valence-electron chi connectivity index (χ3n) is 4.06. The number of carbonyl (C=O) groups excluding carboxylic acids is 2. The molecule has 0 bridgehead atoms. The Morgan fingerprint density at radius 1 is 1.47 bits per heavy atom. The number of amides is 1. The van der Waals surface area contributed by atoms with Crippen LogP contribution in [0, 0.1) is 5.92 Å². The minimum absolute atomic E-state index is 0.0308.